The topological polar surface area (TPSA) is 77.2 Å². The fourth-order valence-electron chi connectivity index (χ4n) is 0.718. The van der Waals surface area contributed by atoms with Gasteiger partial charge in [-0.15, -0.1) is 11.3 Å². The largest absolute Gasteiger partial charge is 0.375 e. The van der Waals surface area contributed by atoms with Crippen LogP contribution in [-0.4, -0.2) is 17.5 Å². The summed E-state index contributed by atoms with van der Waals surface area (Å²) in [6, 6.07) is 0. The highest BCUT2D eigenvalue weighted by atomic mass is 32.1. The number of aromatic nitrogens is 1. The number of anilines is 1. The van der Waals surface area contributed by atoms with Crippen LogP contribution in [0.5, 0.6) is 0 Å². The summed E-state index contributed by atoms with van der Waals surface area (Å²) in [4.78, 5) is 20.0. The van der Waals surface area contributed by atoms with Gasteiger partial charge < -0.3 is 5.73 Å². The molecule has 0 spiro atoms. The Morgan fingerprint density at radius 1 is 1.79 bits per heavy atom. The maximum absolute atomic E-state index is 11.3. The van der Waals surface area contributed by atoms with Gasteiger partial charge in [0.1, 0.15) is 5.69 Å². The number of nitrogens with two attached hydrogens (primary N) is 1. The zero-order valence-electron chi connectivity index (χ0n) is 8.11. The van der Waals surface area contributed by atoms with E-state index in [0.717, 1.165) is 0 Å². The second kappa shape index (κ2) is 4.92. The molecule has 0 saturated carbocycles. The van der Waals surface area contributed by atoms with Crippen LogP contribution in [0, 0.1) is 5.92 Å². The van der Waals surface area contributed by atoms with Gasteiger partial charge in [0.05, 0.1) is 6.61 Å². The Morgan fingerprint density at radius 3 is 3.00 bits per heavy atom. The summed E-state index contributed by atoms with van der Waals surface area (Å²) in [5.74, 6) is 0.00871. The van der Waals surface area contributed by atoms with Gasteiger partial charge >= 0.3 is 0 Å². The van der Waals surface area contributed by atoms with Crippen molar-refractivity contribution in [2.24, 2.45) is 5.92 Å². The Morgan fingerprint density at radius 2 is 2.50 bits per heavy atom. The van der Waals surface area contributed by atoms with Crippen molar-refractivity contribution in [3.8, 4) is 0 Å². The summed E-state index contributed by atoms with van der Waals surface area (Å²) in [5.41, 5.74) is 7.96. The lowest BCUT2D eigenvalue weighted by atomic mass is 10.2. The molecule has 6 heteroatoms. The Balaban J connectivity index is 2.36. The molecule has 0 aromatic carbocycles. The monoisotopic (exact) mass is 215 g/mol. The fourth-order valence-corrected chi connectivity index (χ4v) is 1.26. The molecule has 0 aliphatic carbocycles. The van der Waals surface area contributed by atoms with Gasteiger partial charge in [0.15, 0.2) is 5.13 Å². The summed E-state index contributed by atoms with van der Waals surface area (Å²) in [7, 11) is 0. The normalized spacial score (nSPS) is 10.5. The number of nitrogen functional groups attached to an aromatic ring is 1. The minimum Gasteiger partial charge on any atom is -0.375 e. The number of hydrogen-bond donors (Lipinski definition) is 2. The predicted octanol–water partition coefficient (Wildman–Crippen LogP) is 1.04. The molecular formula is C8H13N3O2S. The molecule has 1 heterocycles. The number of hydroxylamine groups is 1. The van der Waals surface area contributed by atoms with E-state index in [1.54, 1.807) is 5.38 Å². The third-order valence-corrected chi connectivity index (χ3v) is 2.01. The zero-order valence-corrected chi connectivity index (χ0v) is 8.93. The first-order valence-corrected chi connectivity index (χ1v) is 5.10. The third kappa shape index (κ3) is 3.31. The molecule has 0 bridgehead atoms. The van der Waals surface area contributed by atoms with E-state index in [4.69, 9.17) is 10.6 Å². The van der Waals surface area contributed by atoms with Crippen LogP contribution >= 0.6 is 11.3 Å². The minimum atomic E-state index is -0.362. The van der Waals surface area contributed by atoms with Gasteiger partial charge in [0.2, 0.25) is 0 Å². The highest BCUT2D eigenvalue weighted by Crippen LogP contribution is 2.10. The lowest BCUT2D eigenvalue weighted by molar-refractivity contribution is 0.0205. The average molecular weight is 215 g/mol. The van der Waals surface area contributed by atoms with E-state index >= 15 is 0 Å². The molecule has 0 aliphatic rings. The van der Waals surface area contributed by atoms with Crippen LogP contribution in [0.2, 0.25) is 0 Å². The molecule has 3 N–H and O–H groups in total. The van der Waals surface area contributed by atoms with Crippen molar-refractivity contribution in [2.45, 2.75) is 13.8 Å². The second-order valence-corrected chi connectivity index (χ2v) is 4.10. The first kappa shape index (κ1) is 10.9. The Hall–Kier alpha value is -1.14. The summed E-state index contributed by atoms with van der Waals surface area (Å²) >= 11 is 1.22. The molecule has 1 amide bonds. The fraction of sp³-hybridized carbons (Fsp3) is 0.500. The van der Waals surface area contributed by atoms with Crippen LogP contribution in [0.4, 0.5) is 5.13 Å². The van der Waals surface area contributed by atoms with Gasteiger partial charge in [-0.2, -0.15) is 0 Å². The van der Waals surface area contributed by atoms with Crippen molar-refractivity contribution >= 4 is 22.4 Å². The molecular weight excluding hydrogens is 202 g/mol. The van der Waals surface area contributed by atoms with Crippen LogP contribution in [0.15, 0.2) is 5.38 Å². The molecule has 1 aromatic heterocycles. The lowest BCUT2D eigenvalue weighted by Crippen LogP contribution is -2.25. The van der Waals surface area contributed by atoms with E-state index in [2.05, 4.69) is 10.5 Å². The standard InChI is InChI=1S/C8H13N3O2S/c1-5(2)3-13-11-7(12)6-4-14-8(9)10-6/h4-5H,3H2,1-2H3,(H2,9,10)(H,11,12). The first-order chi connectivity index (χ1) is 6.59. The van der Waals surface area contributed by atoms with Crippen molar-refractivity contribution in [3.63, 3.8) is 0 Å². The molecule has 0 unspecified atom stereocenters. The van der Waals surface area contributed by atoms with Gasteiger partial charge in [0, 0.05) is 5.38 Å². The van der Waals surface area contributed by atoms with Gasteiger partial charge in [0.25, 0.3) is 5.91 Å². The van der Waals surface area contributed by atoms with E-state index in [0.29, 0.717) is 17.7 Å². The SMILES string of the molecule is CC(C)CONC(=O)c1csc(N)n1. The average Bonchev–Trinajstić information content (AvgIpc) is 2.51. The number of carbonyl (C=O) groups is 1. The summed E-state index contributed by atoms with van der Waals surface area (Å²) < 4.78 is 0. The van der Waals surface area contributed by atoms with Crippen molar-refractivity contribution in [3.05, 3.63) is 11.1 Å². The highest BCUT2D eigenvalue weighted by Gasteiger charge is 2.09. The van der Waals surface area contributed by atoms with E-state index in [-0.39, 0.29) is 11.6 Å². The summed E-state index contributed by atoms with van der Waals surface area (Å²) in [6.07, 6.45) is 0. The van der Waals surface area contributed by atoms with E-state index < -0.39 is 0 Å². The van der Waals surface area contributed by atoms with Crippen LogP contribution < -0.4 is 11.2 Å². The molecule has 14 heavy (non-hydrogen) atoms. The number of thiazole rings is 1. The van der Waals surface area contributed by atoms with Crippen molar-refractivity contribution in [1.29, 1.82) is 0 Å². The molecule has 0 radical (unpaired) electrons. The Bertz CT molecular complexity index is 311. The molecule has 1 aromatic rings. The number of amides is 1. The molecule has 0 atom stereocenters. The number of nitrogens with one attached hydrogen (secondary N) is 1. The van der Waals surface area contributed by atoms with Crippen LogP contribution in [0.3, 0.4) is 0 Å². The number of rotatable bonds is 4. The van der Waals surface area contributed by atoms with E-state index in [1.165, 1.54) is 11.3 Å². The van der Waals surface area contributed by atoms with Crippen LogP contribution in [0.1, 0.15) is 24.3 Å². The number of carbonyl (C=O) groups excluding carboxylic acids is 1. The molecule has 0 aliphatic heterocycles. The maximum atomic E-state index is 11.3. The smallest absolute Gasteiger partial charge is 0.294 e. The third-order valence-electron chi connectivity index (χ3n) is 1.34. The summed E-state index contributed by atoms with van der Waals surface area (Å²) in [5, 5.41) is 1.96. The van der Waals surface area contributed by atoms with E-state index in [1.807, 2.05) is 13.8 Å². The molecule has 0 saturated heterocycles. The number of hydrogen-bond acceptors (Lipinski definition) is 5. The van der Waals surface area contributed by atoms with E-state index in [9.17, 15) is 4.79 Å². The Labute approximate surface area is 86.2 Å². The molecule has 78 valence electrons. The quantitative estimate of drug-likeness (QED) is 0.736. The summed E-state index contributed by atoms with van der Waals surface area (Å²) in [6.45, 7) is 4.46. The first-order valence-electron chi connectivity index (χ1n) is 4.22. The highest BCUT2D eigenvalue weighted by molar-refractivity contribution is 7.13. The second-order valence-electron chi connectivity index (χ2n) is 3.21. The van der Waals surface area contributed by atoms with Gasteiger partial charge in [-0.25, -0.2) is 10.5 Å². The Kier molecular flexibility index (Phi) is 3.84. The molecule has 5 nitrogen and oxygen atoms in total. The number of nitrogens with zero attached hydrogens (tertiary/aromatic N) is 1. The van der Waals surface area contributed by atoms with Crippen molar-refractivity contribution in [1.82, 2.24) is 10.5 Å². The zero-order chi connectivity index (χ0) is 10.6. The van der Waals surface area contributed by atoms with Crippen molar-refractivity contribution in [2.75, 3.05) is 12.3 Å². The van der Waals surface area contributed by atoms with Gasteiger partial charge in [-0.05, 0) is 5.92 Å². The van der Waals surface area contributed by atoms with Crippen LogP contribution in [-0.2, 0) is 4.84 Å². The van der Waals surface area contributed by atoms with Gasteiger partial charge in [-0.3, -0.25) is 9.63 Å². The van der Waals surface area contributed by atoms with Crippen molar-refractivity contribution < 1.29 is 9.63 Å². The van der Waals surface area contributed by atoms with Crippen LogP contribution in [0.25, 0.3) is 0 Å². The predicted molar refractivity (Wildman–Crippen MR) is 54.8 cm³/mol. The minimum absolute atomic E-state index is 0.288. The van der Waals surface area contributed by atoms with Gasteiger partial charge in [-0.1, -0.05) is 13.8 Å². The molecule has 1 rings (SSSR count). The lowest BCUT2D eigenvalue weighted by Gasteiger charge is -2.05. The molecule has 0 fully saturated rings. The maximum Gasteiger partial charge on any atom is 0.294 e.